The van der Waals surface area contributed by atoms with Gasteiger partial charge in [0, 0.05) is 25.3 Å². The van der Waals surface area contributed by atoms with Crippen LogP contribution in [-0.4, -0.2) is 50.3 Å². The summed E-state index contributed by atoms with van der Waals surface area (Å²) in [6, 6.07) is 16.4. The number of sulfonamides is 1. The second kappa shape index (κ2) is 10.4. The van der Waals surface area contributed by atoms with Crippen molar-refractivity contribution in [2.24, 2.45) is 0 Å². The molecule has 1 heterocycles. The van der Waals surface area contributed by atoms with Crippen LogP contribution in [0.25, 0.3) is 0 Å². The molecular formula is C23H25N3O5S. The fourth-order valence-corrected chi connectivity index (χ4v) is 4.99. The molecule has 32 heavy (non-hydrogen) atoms. The van der Waals surface area contributed by atoms with Gasteiger partial charge in [0.25, 0.3) is 5.91 Å². The van der Waals surface area contributed by atoms with Crippen molar-refractivity contribution in [1.82, 2.24) is 4.31 Å². The number of nitriles is 1. The van der Waals surface area contributed by atoms with Crippen molar-refractivity contribution in [2.75, 3.05) is 24.5 Å². The summed E-state index contributed by atoms with van der Waals surface area (Å²) < 4.78 is 32.0. The molecule has 0 N–H and O–H groups in total. The van der Waals surface area contributed by atoms with Crippen LogP contribution in [0.4, 0.5) is 5.69 Å². The number of carbonyl (C=O) groups excluding carboxylic acids is 2. The Balaban J connectivity index is 1.69. The zero-order valence-electron chi connectivity index (χ0n) is 17.8. The van der Waals surface area contributed by atoms with E-state index < -0.39 is 28.0 Å². The summed E-state index contributed by atoms with van der Waals surface area (Å²) in [5.41, 5.74) is 0.750. The van der Waals surface area contributed by atoms with Crippen molar-refractivity contribution in [3.05, 3.63) is 60.2 Å². The van der Waals surface area contributed by atoms with Crippen molar-refractivity contribution in [3.63, 3.8) is 0 Å². The van der Waals surface area contributed by atoms with Gasteiger partial charge in [-0.1, -0.05) is 18.2 Å². The van der Waals surface area contributed by atoms with Crippen molar-refractivity contribution in [3.8, 4) is 6.07 Å². The smallest absolute Gasteiger partial charge is 0.338 e. The maximum atomic E-state index is 12.9. The molecule has 2 aromatic rings. The fourth-order valence-electron chi connectivity index (χ4n) is 3.48. The first-order valence-electron chi connectivity index (χ1n) is 10.4. The number of benzene rings is 2. The van der Waals surface area contributed by atoms with Crippen molar-refractivity contribution in [2.45, 2.75) is 37.2 Å². The molecule has 168 valence electrons. The number of carbonyl (C=O) groups is 2. The van der Waals surface area contributed by atoms with E-state index in [0.717, 1.165) is 12.8 Å². The van der Waals surface area contributed by atoms with E-state index in [-0.39, 0.29) is 23.4 Å². The summed E-state index contributed by atoms with van der Waals surface area (Å²) in [6.45, 7) is 2.63. The number of para-hydroxylation sites is 1. The van der Waals surface area contributed by atoms with Gasteiger partial charge in [-0.25, -0.2) is 13.2 Å². The predicted molar refractivity (Wildman–Crippen MR) is 118 cm³/mol. The molecule has 2 aromatic carbocycles. The average molecular weight is 456 g/mol. The van der Waals surface area contributed by atoms with Crippen LogP contribution < -0.4 is 4.90 Å². The highest BCUT2D eigenvalue weighted by molar-refractivity contribution is 7.89. The molecule has 0 spiro atoms. The molecule has 0 aliphatic carbocycles. The van der Waals surface area contributed by atoms with E-state index in [4.69, 9.17) is 10.00 Å². The van der Waals surface area contributed by atoms with Gasteiger partial charge in [-0.15, -0.1) is 0 Å². The molecule has 1 fully saturated rings. The van der Waals surface area contributed by atoms with E-state index in [1.165, 1.54) is 40.4 Å². The standard InChI is InChI=1S/C23H25N3O5S/c1-18(22(27)26(17-7-14-24)20-8-3-2-4-9-20)31-23(28)19-10-12-21(13-11-19)32(29,30)25-15-5-6-16-25/h2-4,8-13,18H,5-7,15-17H2,1H3. The lowest BCUT2D eigenvalue weighted by Crippen LogP contribution is -2.40. The van der Waals surface area contributed by atoms with Gasteiger partial charge < -0.3 is 9.64 Å². The summed E-state index contributed by atoms with van der Waals surface area (Å²) in [5, 5.41) is 8.91. The van der Waals surface area contributed by atoms with E-state index >= 15 is 0 Å². The normalized spacial score (nSPS) is 15.0. The molecule has 0 radical (unpaired) electrons. The number of hydrogen-bond acceptors (Lipinski definition) is 6. The Labute approximate surface area is 188 Å². The second-order valence-corrected chi connectivity index (χ2v) is 9.35. The Morgan fingerprint density at radius 3 is 2.31 bits per heavy atom. The number of esters is 1. The highest BCUT2D eigenvalue weighted by Gasteiger charge is 2.28. The molecule has 1 unspecified atom stereocenters. The first-order valence-corrected chi connectivity index (χ1v) is 11.8. The van der Waals surface area contributed by atoms with Gasteiger partial charge in [-0.3, -0.25) is 4.79 Å². The minimum absolute atomic E-state index is 0.117. The van der Waals surface area contributed by atoms with Crippen LogP contribution in [0.5, 0.6) is 0 Å². The highest BCUT2D eigenvalue weighted by Crippen LogP contribution is 2.22. The molecule has 3 rings (SSSR count). The lowest BCUT2D eigenvalue weighted by Gasteiger charge is -2.25. The molecule has 0 bridgehead atoms. The third kappa shape index (κ3) is 5.33. The van der Waals surface area contributed by atoms with Crippen LogP contribution in [0.1, 0.15) is 36.5 Å². The third-order valence-electron chi connectivity index (χ3n) is 5.21. The van der Waals surface area contributed by atoms with Gasteiger partial charge in [0.1, 0.15) is 0 Å². The molecule has 1 saturated heterocycles. The Morgan fingerprint density at radius 2 is 1.72 bits per heavy atom. The topological polar surface area (TPSA) is 108 Å². The number of amides is 1. The van der Waals surface area contributed by atoms with Gasteiger partial charge in [-0.05, 0) is 56.2 Å². The van der Waals surface area contributed by atoms with E-state index in [1.807, 2.05) is 12.1 Å². The average Bonchev–Trinajstić information content (AvgIpc) is 3.36. The first-order chi connectivity index (χ1) is 15.3. The number of hydrogen-bond donors (Lipinski definition) is 0. The number of ether oxygens (including phenoxy) is 1. The van der Waals surface area contributed by atoms with E-state index in [2.05, 4.69) is 0 Å². The molecule has 9 heteroatoms. The number of anilines is 1. The largest absolute Gasteiger partial charge is 0.449 e. The molecule has 8 nitrogen and oxygen atoms in total. The Hall–Kier alpha value is -3.22. The minimum atomic E-state index is -3.57. The molecule has 1 aliphatic rings. The van der Waals surface area contributed by atoms with Gasteiger partial charge in [-0.2, -0.15) is 9.57 Å². The molecule has 0 saturated carbocycles. The van der Waals surface area contributed by atoms with E-state index in [9.17, 15) is 18.0 Å². The zero-order valence-corrected chi connectivity index (χ0v) is 18.6. The predicted octanol–water partition coefficient (Wildman–Crippen LogP) is 2.96. The second-order valence-electron chi connectivity index (χ2n) is 7.42. The van der Waals surface area contributed by atoms with Gasteiger partial charge in [0.2, 0.25) is 10.0 Å². The van der Waals surface area contributed by atoms with Crippen LogP contribution >= 0.6 is 0 Å². The van der Waals surface area contributed by atoms with Crippen LogP contribution in [-0.2, 0) is 19.6 Å². The quantitative estimate of drug-likeness (QED) is 0.567. The SMILES string of the molecule is CC(OC(=O)c1ccc(S(=O)(=O)N2CCCC2)cc1)C(=O)N(CCC#N)c1ccccc1. The van der Waals surface area contributed by atoms with Crippen LogP contribution in [0, 0.1) is 11.3 Å². The molecule has 1 amide bonds. The number of rotatable bonds is 8. The Kier molecular flexibility index (Phi) is 7.62. The summed E-state index contributed by atoms with van der Waals surface area (Å²) in [6.07, 6.45) is 0.719. The third-order valence-corrected chi connectivity index (χ3v) is 7.12. The van der Waals surface area contributed by atoms with Gasteiger partial charge in [0.05, 0.1) is 22.9 Å². The van der Waals surface area contributed by atoms with E-state index in [0.29, 0.717) is 18.8 Å². The summed E-state index contributed by atoms with van der Waals surface area (Å²) in [5.74, 6) is -1.18. The Morgan fingerprint density at radius 1 is 1.09 bits per heavy atom. The maximum absolute atomic E-state index is 12.9. The summed E-state index contributed by atoms with van der Waals surface area (Å²) in [4.78, 5) is 27.0. The molecule has 1 atom stereocenters. The maximum Gasteiger partial charge on any atom is 0.338 e. The highest BCUT2D eigenvalue weighted by atomic mass is 32.2. The lowest BCUT2D eigenvalue weighted by molar-refractivity contribution is -0.126. The first kappa shape index (κ1) is 23.4. The fraction of sp³-hybridized carbons (Fsp3) is 0.348. The molecule has 0 aromatic heterocycles. The van der Waals surface area contributed by atoms with Crippen LogP contribution in [0.3, 0.4) is 0 Å². The monoisotopic (exact) mass is 455 g/mol. The summed E-state index contributed by atoms with van der Waals surface area (Å²) >= 11 is 0. The number of nitrogens with zero attached hydrogens (tertiary/aromatic N) is 3. The zero-order chi connectivity index (χ0) is 23.1. The van der Waals surface area contributed by atoms with Gasteiger partial charge in [0.15, 0.2) is 6.10 Å². The van der Waals surface area contributed by atoms with Crippen molar-refractivity contribution >= 4 is 27.6 Å². The van der Waals surface area contributed by atoms with Crippen LogP contribution in [0.2, 0.25) is 0 Å². The Bertz CT molecular complexity index is 1090. The summed E-state index contributed by atoms with van der Waals surface area (Å²) in [7, 11) is -3.57. The lowest BCUT2D eigenvalue weighted by atomic mass is 10.2. The van der Waals surface area contributed by atoms with Crippen molar-refractivity contribution in [1.29, 1.82) is 5.26 Å². The van der Waals surface area contributed by atoms with Crippen LogP contribution in [0.15, 0.2) is 59.5 Å². The molecule has 1 aliphatic heterocycles. The minimum Gasteiger partial charge on any atom is -0.449 e. The molecular weight excluding hydrogens is 430 g/mol. The van der Waals surface area contributed by atoms with E-state index in [1.54, 1.807) is 24.3 Å². The van der Waals surface area contributed by atoms with Crippen molar-refractivity contribution < 1.29 is 22.7 Å². The van der Waals surface area contributed by atoms with Gasteiger partial charge >= 0.3 is 5.97 Å².